The van der Waals surface area contributed by atoms with Crippen molar-refractivity contribution in [3.8, 4) is 5.75 Å². The number of sulfone groups is 1. The van der Waals surface area contributed by atoms with Gasteiger partial charge >= 0.3 is 0 Å². The largest absolute Gasteiger partial charge is 0.506 e. The summed E-state index contributed by atoms with van der Waals surface area (Å²) >= 11 is 0. The highest BCUT2D eigenvalue weighted by Gasteiger charge is 2.28. The third kappa shape index (κ3) is 1.85. The molecule has 0 saturated carbocycles. The number of aromatic hydroxyl groups is 1. The highest BCUT2D eigenvalue weighted by molar-refractivity contribution is 7.91. The maximum absolute atomic E-state index is 11.6. The maximum Gasteiger partial charge on any atom is 0.153 e. The summed E-state index contributed by atoms with van der Waals surface area (Å²) in [5.41, 5.74) is 0.581. The molecular formula is C11H13N3O3S. The van der Waals surface area contributed by atoms with Crippen molar-refractivity contribution in [1.29, 1.82) is 0 Å². The number of fused-ring (bicyclic) bond motifs is 1. The van der Waals surface area contributed by atoms with E-state index in [9.17, 15) is 13.5 Å². The molecule has 3 rings (SSSR count). The standard InChI is InChI=1S/C11H13N3O3S/c15-10-2-1-4-14-9(10)6-13-11(14)8-7-18(16,17)5-3-12-8/h1-2,4,6,8,12,15H,3,5,7H2. The lowest BCUT2D eigenvalue weighted by Crippen LogP contribution is -2.40. The van der Waals surface area contributed by atoms with E-state index in [4.69, 9.17) is 0 Å². The Balaban J connectivity index is 2.07. The van der Waals surface area contributed by atoms with Gasteiger partial charge in [0.25, 0.3) is 0 Å². The van der Waals surface area contributed by atoms with Crippen molar-refractivity contribution < 1.29 is 13.5 Å². The average Bonchev–Trinajstić information content (AvgIpc) is 2.73. The number of aromatic nitrogens is 2. The Morgan fingerprint density at radius 2 is 2.33 bits per heavy atom. The molecule has 1 saturated heterocycles. The summed E-state index contributed by atoms with van der Waals surface area (Å²) in [6, 6.07) is 2.95. The smallest absolute Gasteiger partial charge is 0.153 e. The molecule has 7 heteroatoms. The molecule has 0 amide bonds. The van der Waals surface area contributed by atoms with Crippen molar-refractivity contribution in [2.24, 2.45) is 0 Å². The molecule has 18 heavy (non-hydrogen) atoms. The molecule has 1 aliphatic rings. The van der Waals surface area contributed by atoms with E-state index < -0.39 is 9.84 Å². The fourth-order valence-electron chi connectivity index (χ4n) is 2.24. The normalized spacial score (nSPS) is 23.2. The van der Waals surface area contributed by atoms with Crippen molar-refractivity contribution in [2.45, 2.75) is 6.04 Å². The van der Waals surface area contributed by atoms with Crippen molar-refractivity contribution >= 4 is 15.4 Å². The van der Waals surface area contributed by atoms with Crippen molar-refractivity contribution in [1.82, 2.24) is 14.7 Å². The van der Waals surface area contributed by atoms with Gasteiger partial charge < -0.3 is 10.4 Å². The van der Waals surface area contributed by atoms with Gasteiger partial charge in [0.1, 0.15) is 17.1 Å². The van der Waals surface area contributed by atoms with Crippen LogP contribution in [0.15, 0.2) is 24.5 Å². The molecule has 1 atom stereocenters. The summed E-state index contributed by atoms with van der Waals surface area (Å²) in [4.78, 5) is 4.22. The minimum atomic E-state index is -3.02. The van der Waals surface area contributed by atoms with E-state index in [0.29, 0.717) is 17.9 Å². The van der Waals surface area contributed by atoms with Gasteiger partial charge in [-0.15, -0.1) is 0 Å². The first-order valence-corrected chi connectivity index (χ1v) is 7.48. The zero-order chi connectivity index (χ0) is 12.8. The molecule has 96 valence electrons. The molecule has 0 bridgehead atoms. The molecular weight excluding hydrogens is 254 g/mol. The van der Waals surface area contributed by atoms with E-state index >= 15 is 0 Å². The molecule has 0 spiro atoms. The van der Waals surface area contributed by atoms with Crippen molar-refractivity contribution in [3.63, 3.8) is 0 Å². The Morgan fingerprint density at radius 1 is 1.50 bits per heavy atom. The quantitative estimate of drug-likeness (QED) is 0.765. The molecule has 0 aromatic carbocycles. The highest BCUT2D eigenvalue weighted by atomic mass is 32.2. The predicted molar refractivity (Wildman–Crippen MR) is 66.3 cm³/mol. The third-order valence-corrected chi connectivity index (χ3v) is 4.78. The maximum atomic E-state index is 11.6. The van der Waals surface area contributed by atoms with Crippen LogP contribution in [0.2, 0.25) is 0 Å². The summed E-state index contributed by atoms with van der Waals surface area (Å²) in [6.07, 6.45) is 3.31. The lowest BCUT2D eigenvalue weighted by Gasteiger charge is -2.22. The van der Waals surface area contributed by atoms with Gasteiger partial charge in [-0.05, 0) is 12.1 Å². The van der Waals surface area contributed by atoms with Crippen molar-refractivity contribution in [3.05, 3.63) is 30.4 Å². The number of imidazole rings is 1. The van der Waals surface area contributed by atoms with Gasteiger partial charge in [0.2, 0.25) is 0 Å². The first-order chi connectivity index (χ1) is 8.57. The fourth-order valence-corrected chi connectivity index (χ4v) is 3.61. The first kappa shape index (κ1) is 11.5. The van der Waals surface area contributed by atoms with E-state index in [1.807, 2.05) is 0 Å². The third-order valence-electron chi connectivity index (χ3n) is 3.11. The lowest BCUT2D eigenvalue weighted by molar-refractivity contribution is 0.478. The number of pyridine rings is 1. The van der Waals surface area contributed by atoms with Gasteiger partial charge in [-0.2, -0.15) is 0 Å². The second-order valence-electron chi connectivity index (χ2n) is 4.39. The lowest BCUT2D eigenvalue weighted by atomic mass is 10.3. The number of hydrogen-bond acceptors (Lipinski definition) is 5. The Labute approximate surface area is 104 Å². The fraction of sp³-hybridized carbons (Fsp3) is 0.364. The molecule has 1 aliphatic heterocycles. The van der Waals surface area contributed by atoms with Crippen LogP contribution in [0.25, 0.3) is 5.52 Å². The summed E-state index contributed by atoms with van der Waals surface area (Å²) in [7, 11) is -3.02. The number of nitrogens with zero attached hydrogens (tertiary/aromatic N) is 2. The summed E-state index contributed by atoms with van der Waals surface area (Å²) in [5.74, 6) is 0.957. The Hall–Kier alpha value is -1.60. The van der Waals surface area contributed by atoms with Crippen LogP contribution in [-0.4, -0.2) is 41.0 Å². The van der Waals surface area contributed by atoms with Crippen LogP contribution >= 0.6 is 0 Å². The molecule has 0 radical (unpaired) electrons. The van der Waals surface area contributed by atoms with E-state index in [-0.39, 0.29) is 23.3 Å². The van der Waals surface area contributed by atoms with E-state index in [1.54, 1.807) is 28.9 Å². The Bertz CT molecular complexity index is 693. The van der Waals surface area contributed by atoms with E-state index in [1.165, 1.54) is 0 Å². The number of nitrogens with one attached hydrogen (secondary N) is 1. The molecule has 1 fully saturated rings. The Kier molecular flexibility index (Phi) is 2.53. The zero-order valence-electron chi connectivity index (χ0n) is 9.57. The summed E-state index contributed by atoms with van der Waals surface area (Å²) in [5, 5.41) is 12.8. The van der Waals surface area contributed by atoms with Gasteiger partial charge in [0.05, 0.1) is 23.7 Å². The van der Waals surface area contributed by atoms with Gasteiger partial charge in [0, 0.05) is 12.7 Å². The van der Waals surface area contributed by atoms with Crippen LogP contribution in [0.5, 0.6) is 5.75 Å². The zero-order valence-corrected chi connectivity index (χ0v) is 10.4. The SMILES string of the molecule is O=S1(=O)CCNC(c2ncc3c(O)cccn23)C1. The molecule has 2 aromatic heterocycles. The number of hydrogen-bond donors (Lipinski definition) is 2. The Morgan fingerprint density at radius 3 is 3.11 bits per heavy atom. The van der Waals surface area contributed by atoms with Gasteiger partial charge in [-0.3, -0.25) is 4.40 Å². The van der Waals surface area contributed by atoms with Crippen LogP contribution in [0.4, 0.5) is 0 Å². The number of rotatable bonds is 1. The molecule has 2 N–H and O–H groups in total. The van der Waals surface area contributed by atoms with Crippen LogP contribution in [0, 0.1) is 0 Å². The highest BCUT2D eigenvalue weighted by Crippen LogP contribution is 2.23. The molecule has 0 aliphatic carbocycles. The van der Waals surface area contributed by atoms with Gasteiger partial charge in [-0.25, -0.2) is 13.4 Å². The second-order valence-corrected chi connectivity index (χ2v) is 6.61. The van der Waals surface area contributed by atoms with E-state index in [2.05, 4.69) is 10.3 Å². The minimum absolute atomic E-state index is 0.0434. The molecule has 1 unspecified atom stereocenters. The topological polar surface area (TPSA) is 83.7 Å². The van der Waals surface area contributed by atoms with Crippen LogP contribution in [0.3, 0.4) is 0 Å². The predicted octanol–water partition coefficient (Wildman–Crippen LogP) is 0.0990. The second kappa shape index (κ2) is 3.96. The summed E-state index contributed by atoms with van der Waals surface area (Å²) in [6.45, 7) is 0.431. The monoisotopic (exact) mass is 267 g/mol. The van der Waals surface area contributed by atoms with Gasteiger partial charge in [-0.1, -0.05) is 0 Å². The molecule has 3 heterocycles. The first-order valence-electron chi connectivity index (χ1n) is 5.65. The van der Waals surface area contributed by atoms with Crippen LogP contribution in [0.1, 0.15) is 11.9 Å². The van der Waals surface area contributed by atoms with Gasteiger partial charge in [0.15, 0.2) is 9.84 Å². The van der Waals surface area contributed by atoms with Crippen LogP contribution in [-0.2, 0) is 9.84 Å². The summed E-state index contributed by atoms with van der Waals surface area (Å²) < 4.78 is 25.0. The molecule has 2 aromatic rings. The average molecular weight is 267 g/mol. The van der Waals surface area contributed by atoms with Crippen molar-refractivity contribution in [2.75, 3.05) is 18.1 Å². The van der Waals surface area contributed by atoms with E-state index in [0.717, 1.165) is 0 Å². The molecule has 6 nitrogen and oxygen atoms in total. The van der Waals surface area contributed by atoms with Crippen LogP contribution < -0.4 is 5.32 Å². The minimum Gasteiger partial charge on any atom is -0.506 e.